The summed E-state index contributed by atoms with van der Waals surface area (Å²) in [5, 5.41) is 8.85. The van der Waals surface area contributed by atoms with Crippen molar-refractivity contribution in [2.75, 3.05) is 13.2 Å². The van der Waals surface area contributed by atoms with Crippen LogP contribution in [0.5, 0.6) is 0 Å². The summed E-state index contributed by atoms with van der Waals surface area (Å²) in [6.45, 7) is 1.11. The van der Waals surface area contributed by atoms with Crippen LogP contribution in [0.25, 0.3) is 0 Å². The third-order valence-electron chi connectivity index (χ3n) is 3.06. The van der Waals surface area contributed by atoms with E-state index in [0.29, 0.717) is 18.8 Å². The fraction of sp³-hybridized carbons (Fsp3) is 0.462. The second-order valence-corrected chi connectivity index (χ2v) is 4.31. The Morgan fingerprint density at radius 2 is 2.35 bits per heavy atom. The van der Waals surface area contributed by atoms with Crippen LogP contribution in [-0.2, 0) is 4.74 Å². The number of halogens is 1. The van der Waals surface area contributed by atoms with Gasteiger partial charge in [0.1, 0.15) is 6.17 Å². The van der Waals surface area contributed by atoms with E-state index in [1.807, 2.05) is 0 Å². The van der Waals surface area contributed by atoms with Crippen LogP contribution in [0.1, 0.15) is 34.9 Å². The predicted molar refractivity (Wildman–Crippen MR) is 60.8 cm³/mol. The Hall–Kier alpha value is -1.42. The first kappa shape index (κ1) is 12.0. The first-order chi connectivity index (χ1) is 8.18. The molecule has 1 fully saturated rings. The molecule has 0 saturated carbocycles. The van der Waals surface area contributed by atoms with Crippen molar-refractivity contribution in [3.8, 4) is 0 Å². The monoisotopic (exact) mass is 238 g/mol. The number of alkyl halides is 1. The van der Waals surface area contributed by atoms with Gasteiger partial charge >= 0.3 is 5.97 Å². The normalized spacial score (nSPS) is 22.1. The van der Waals surface area contributed by atoms with Gasteiger partial charge in [-0.25, -0.2) is 9.18 Å². The third-order valence-corrected chi connectivity index (χ3v) is 3.06. The quantitative estimate of drug-likeness (QED) is 0.880. The fourth-order valence-corrected chi connectivity index (χ4v) is 2.11. The Morgan fingerprint density at radius 1 is 1.53 bits per heavy atom. The summed E-state index contributed by atoms with van der Waals surface area (Å²) >= 11 is 0. The molecule has 1 aliphatic rings. The molecule has 1 aliphatic heterocycles. The van der Waals surface area contributed by atoms with Crippen molar-refractivity contribution in [1.82, 2.24) is 0 Å². The minimum atomic E-state index is -1.14. The van der Waals surface area contributed by atoms with Gasteiger partial charge in [-0.15, -0.1) is 0 Å². The van der Waals surface area contributed by atoms with Gasteiger partial charge in [0.05, 0.1) is 12.2 Å². The van der Waals surface area contributed by atoms with Crippen molar-refractivity contribution in [3.05, 3.63) is 35.4 Å². The lowest BCUT2D eigenvalue weighted by Gasteiger charge is -2.25. The Labute approximate surface area is 99.2 Å². The van der Waals surface area contributed by atoms with Gasteiger partial charge in [0.25, 0.3) is 0 Å². The average molecular weight is 238 g/mol. The van der Waals surface area contributed by atoms with E-state index in [0.717, 1.165) is 12.8 Å². The van der Waals surface area contributed by atoms with Gasteiger partial charge in [0.15, 0.2) is 0 Å². The predicted octanol–water partition coefficient (Wildman–Crippen LogP) is 2.82. The minimum absolute atomic E-state index is 0.127. The van der Waals surface area contributed by atoms with Gasteiger partial charge in [-0.2, -0.15) is 0 Å². The zero-order valence-electron chi connectivity index (χ0n) is 9.43. The maximum Gasteiger partial charge on any atom is 0.335 e. The Kier molecular flexibility index (Phi) is 3.74. The summed E-state index contributed by atoms with van der Waals surface area (Å²) in [7, 11) is 0. The van der Waals surface area contributed by atoms with Crippen LogP contribution in [-0.4, -0.2) is 24.3 Å². The van der Waals surface area contributed by atoms with Crippen LogP contribution in [0.15, 0.2) is 24.3 Å². The van der Waals surface area contributed by atoms with Gasteiger partial charge in [0.2, 0.25) is 0 Å². The molecule has 1 saturated heterocycles. The number of aromatic carboxylic acids is 1. The molecule has 17 heavy (non-hydrogen) atoms. The molecule has 4 heteroatoms. The van der Waals surface area contributed by atoms with Crippen LogP contribution < -0.4 is 0 Å². The molecule has 0 amide bonds. The number of benzene rings is 1. The van der Waals surface area contributed by atoms with E-state index in [9.17, 15) is 9.18 Å². The van der Waals surface area contributed by atoms with E-state index in [2.05, 4.69) is 0 Å². The summed E-state index contributed by atoms with van der Waals surface area (Å²) in [5.41, 5.74) is 0.558. The van der Waals surface area contributed by atoms with E-state index in [4.69, 9.17) is 9.84 Å². The Morgan fingerprint density at radius 3 is 3.00 bits per heavy atom. The zero-order chi connectivity index (χ0) is 12.3. The van der Waals surface area contributed by atoms with Crippen molar-refractivity contribution in [2.45, 2.75) is 19.0 Å². The highest BCUT2D eigenvalue weighted by Crippen LogP contribution is 2.32. The summed E-state index contributed by atoms with van der Waals surface area (Å²) in [6.07, 6.45) is 0.511. The number of carboxylic acids is 1. The van der Waals surface area contributed by atoms with Crippen LogP contribution >= 0.6 is 0 Å². The largest absolute Gasteiger partial charge is 0.478 e. The van der Waals surface area contributed by atoms with E-state index in [1.165, 1.54) is 12.1 Å². The maximum atomic E-state index is 14.2. The van der Waals surface area contributed by atoms with E-state index in [1.54, 1.807) is 12.1 Å². The van der Waals surface area contributed by atoms with Crippen LogP contribution in [0.3, 0.4) is 0 Å². The summed E-state index contributed by atoms with van der Waals surface area (Å²) < 4.78 is 19.4. The Balaban J connectivity index is 2.14. The molecule has 0 bridgehead atoms. The first-order valence-electron chi connectivity index (χ1n) is 5.73. The molecule has 0 spiro atoms. The van der Waals surface area contributed by atoms with Crippen molar-refractivity contribution in [2.24, 2.45) is 5.92 Å². The van der Waals surface area contributed by atoms with Gasteiger partial charge in [0, 0.05) is 12.5 Å². The van der Waals surface area contributed by atoms with Crippen molar-refractivity contribution in [1.29, 1.82) is 0 Å². The zero-order valence-corrected chi connectivity index (χ0v) is 9.43. The van der Waals surface area contributed by atoms with Crippen molar-refractivity contribution in [3.63, 3.8) is 0 Å². The number of ether oxygens (including phenoxy) is 1. The van der Waals surface area contributed by atoms with Gasteiger partial charge < -0.3 is 9.84 Å². The second kappa shape index (κ2) is 5.27. The number of carboxylic acid groups (broad SMARTS) is 1. The SMILES string of the molecule is O=C(O)c1cccc(C(F)C2CCCOC2)c1. The average Bonchev–Trinajstić information content (AvgIpc) is 2.39. The van der Waals surface area contributed by atoms with E-state index < -0.39 is 12.1 Å². The summed E-state index contributed by atoms with van der Waals surface area (Å²) in [4.78, 5) is 10.8. The molecule has 2 atom stereocenters. The maximum absolute atomic E-state index is 14.2. The topological polar surface area (TPSA) is 46.5 Å². The molecule has 1 aromatic rings. The third kappa shape index (κ3) is 2.82. The molecule has 1 heterocycles. The van der Waals surface area contributed by atoms with Crippen LogP contribution in [0.4, 0.5) is 4.39 Å². The van der Waals surface area contributed by atoms with Gasteiger partial charge in [-0.1, -0.05) is 12.1 Å². The summed E-state index contributed by atoms with van der Waals surface area (Å²) in [5.74, 6) is -1.19. The molecule has 0 aliphatic carbocycles. The highest BCUT2D eigenvalue weighted by molar-refractivity contribution is 5.87. The number of carbonyl (C=O) groups is 1. The summed E-state index contributed by atoms with van der Waals surface area (Å²) in [6, 6.07) is 6.08. The van der Waals surface area contributed by atoms with E-state index >= 15 is 0 Å². The van der Waals surface area contributed by atoms with Crippen molar-refractivity contribution >= 4 is 5.97 Å². The van der Waals surface area contributed by atoms with Gasteiger partial charge in [-0.05, 0) is 30.5 Å². The molecule has 92 valence electrons. The molecule has 2 unspecified atom stereocenters. The molecular formula is C13H15FO3. The number of rotatable bonds is 3. The van der Waals surface area contributed by atoms with Crippen LogP contribution in [0, 0.1) is 5.92 Å². The lowest BCUT2D eigenvalue weighted by Crippen LogP contribution is -2.21. The minimum Gasteiger partial charge on any atom is -0.478 e. The highest BCUT2D eigenvalue weighted by atomic mass is 19.1. The molecule has 0 aromatic heterocycles. The molecule has 3 nitrogen and oxygen atoms in total. The second-order valence-electron chi connectivity index (χ2n) is 4.31. The standard InChI is InChI=1S/C13H15FO3/c14-12(11-5-2-6-17-8-11)9-3-1-4-10(7-9)13(15)16/h1,3-4,7,11-12H,2,5-6,8H2,(H,15,16). The molecular weight excluding hydrogens is 223 g/mol. The first-order valence-corrected chi connectivity index (χ1v) is 5.73. The number of hydrogen-bond acceptors (Lipinski definition) is 2. The Bertz CT molecular complexity index is 399. The smallest absolute Gasteiger partial charge is 0.335 e. The van der Waals surface area contributed by atoms with Crippen LogP contribution in [0.2, 0.25) is 0 Å². The highest BCUT2D eigenvalue weighted by Gasteiger charge is 2.25. The lowest BCUT2D eigenvalue weighted by atomic mass is 9.91. The molecule has 2 rings (SSSR count). The van der Waals surface area contributed by atoms with Crippen molar-refractivity contribution < 1.29 is 19.0 Å². The van der Waals surface area contributed by atoms with Gasteiger partial charge in [-0.3, -0.25) is 0 Å². The lowest BCUT2D eigenvalue weighted by molar-refractivity contribution is 0.0197. The van der Waals surface area contributed by atoms with E-state index in [-0.39, 0.29) is 11.5 Å². The fourth-order valence-electron chi connectivity index (χ4n) is 2.11. The molecule has 1 aromatic carbocycles. The molecule has 1 N–H and O–H groups in total. The molecule has 0 radical (unpaired) electrons. The number of hydrogen-bond donors (Lipinski definition) is 1.